The van der Waals surface area contributed by atoms with E-state index in [2.05, 4.69) is 17.0 Å². The Labute approximate surface area is 266 Å². The van der Waals surface area contributed by atoms with Crippen LogP contribution < -0.4 is 10.2 Å². The molecule has 0 saturated heterocycles. The molecule has 0 aliphatic heterocycles. The van der Waals surface area contributed by atoms with Gasteiger partial charge >= 0.3 is 11.9 Å². The molecule has 0 atom stereocenters. The van der Waals surface area contributed by atoms with E-state index in [4.69, 9.17) is 14.2 Å². The molecule has 0 aliphatic rings. The number of methoxy groups -OCH3 is 1. The van der Waals surface area contributed by atoms with E-state index in [0.717, 1.165) is 32.0 Å². The monoisotopic (exact) mass is 624 g/mol. The highest BCUT2D eigenvalue weighted by atomic mass is 32.1. The van der Waals surface area contributed by atoms with Crippen molar-refractivity contribution in [3.8, 4) is 16.2 Å². The average Bonchev–Trinajstić information content (AvgIpc) is 3.42. The van der Waals surface area contributed by atoms with Gasteiger partial charge in [0.2, 0.25) is 5.43 Å². The van der Waals surface area contributed by atoms with E-state index in [1.54, 1.807) is 39.3 Å². The quantitative estimate of drug-likeness (QED) is 0.142. The Morgan fingerprint density at radius 2 is 1.51 bits per heavy atom. The minimum Gasteiger partial charge on any atom is -0.496 e. The highest BCUT2D eigenvalue weighted by molar-refractivity contribution is 7.22. The fourth-order valence-electron chi connectivity index (χ4n) is 5.36. The number of hydrogen-bond acceptors (Lipinski definition) is 8. The van der Waals surface area contributed by atoms with E-state index in [1.165, 1.54) is 11.3 Å². The first kappa shape index (κ1) is 31.7. The summed E-state index contributed by atoms with van der Waals surface area (Å²) in [5.41, 5.74) is 3.76. The van der Waals surface area contributed by atoms with Crippen molar-refractivity contribution in [1.29, 1.82) is 0 Å². The Morgan fingerprint density at radius 1 is 0.844 bits per heavy atom. The molecule has 8 nitrogen and oxygen atoms in total. The number of esters is 2. The van der Waals surface area contributed by atoms with E-state index in [-0.39, 0.29) is 24.2 Å². The zero-order valence-corrected chi connectivity index (χ0v) is 26.7. The van der Waals surface area contributed by atoms with Crippen molar-refractivity contribution >= 4 is 33.5 Å². The maximum Gasteiger partial charge on any atom is 0.343 e. The molecular weight excluding hydrogens is 588 g/mol. The van der Waals surface area contributed by atoms with Crippen LogP contribution in [0.2, 0.25) is 0 Å². The SMILES string of the molecule is CCOC(=O)c1ccc(-c2sc3c(c2CN(C)Cc2ccccc2)c(=O)c(C(=O)OCC)cn3Cc2ccccc2OC)cc1. The van der Waals surface area contributed by atoms with E-state index in [0.29, 0.717) is 36.3 Å². The number of carbonyl (C=O) groups excluding carboxylic acids is 2. The van der Waals surface area contributed by atoms with Gasteiger partial charge in [0.25, 0.3) is 0 Å². The lowest BCUT2D eigenvalue weighted by Crippen LogP contribution is -2.23. The van der Waals surface area contributed by atoms with E-state index in [9.17, 15) is 14.4 Å². The van der Waals surface area contributed by atoms with Gasteiger partial charge in [-0.2, -0.15) is 0 Å². The van der Waals surface area contributed by atoms with Crippen LogP contribution >= 0.6 is 11.3 Å². The van der Waals surface area contributed by atoms with Gasteiger partial charge in [0, 0.05) is 29.7 Å². The number of hydrogen-bond donors (Lipinski definition) is 0. The number of fused-ring (bicyclic) bond motifs is 1. The summed E-state index contributed by atoms with van der Waals surface area (Å²) in [5.74, 6) is -0.344. The maximum absolute atomic E-state index is 14.2. The summed E-state index contributed by atoms with van der Waals surface area (Å²) in [5, 5.41) is 0.477. The normalized spacial score (nSPS) is 11.1. The largest absolute Gasteiger partial charge is 0.496 e. The lowest BCUT2D eigenvalue weighted by atomic mass is 10.0. The lowest BCUT2D eigenvalue weighted by molar-refractivity contribution is 0.0515. The van der Waals surface area contributed by atoms with E-state index in [1.807, 2.05) is 66.2 Å². The van der Waals surface area contributed by atoms with Crippen molar-refractivity contribution in [2.45, 2.75) is 33.5 Å². The first-order valence-corrected chi connectivity index (χ1v) is 15.6. The first-order valence-electron chi connectivity index (χ1n) is 14.8. The van der Waals surface area contributed by atoms with Crippen LogP contribution in [0.5, 0.6) is 5.75 Å². The van der Waals surface area contributed by atoms with Gasteiger partial charge in [-0.05, 0) is 55.8 Å². The van der Waals surface area contributed by atoms with Crippen molar-refractivity contribution in [3.63, 3.8) is 0 Å². The van der Waals surface area contributed by atoms with Crippen molar-refractivity contribution in [1.82, 2.24) is 9.47 Å². The molecule has 0 saturated carbocycles. The summed E-state index contributed by atoms with van der Waals surface area (Å²) in [7, 11) is 3.63. The molecular formula is C36H36N2O6S. The molecule has 2 aromatic heterocycles. The molecule has 0 aliphatic carbocycles. The summed E-state index contributed by atoms with van der Waals surface area (Å²) in [6, 6.07) is 25.0. The molecule has 0 amide bonds. The summed E-state index contributed by atoms with van der Waals surface area (Å²) < 4.78 is 18.1. The molecule has 0 N–H and O–H groups in total. The van der Waals surface area contributed by atoms with E-state index < -0.39 is 11.9 Å². The van der Waals surface area contributed by atoms with Crippen LogP contribution in [0.25, 0.3) is 20.7 Å². The van der Waals surface area contributed by atoms with E-state index >= 15 is 0 Å². The summed E-state index contributed by atoms with van der Waals surface area (Å²) in [6.07, 6.45) is 1.59. The van der Waals surface area contributed by atoms with Gasteiger partial charge in [0.15, 0.2) is 0 Å². The minimum atomic E-state index is -0.659. The highest BCUT2D eigenvalue weighted by Gasteiger charge is 2.25. The fourth-order valence-corrected chi connectivity index (χ4v) is 6.65. The molecule has 0 radical (unpaired) electrons. The molecule has 2 heterocycles. The molecule has 0 unspecified atom stereocenters. The average molecular weight is 625 g/mol. The Bertz CT molecular complexity index is 1860. The maximum atomic E-state index is 14.2. The number of ether oxygens (including phenoxy) is 3. The topological polar surface area (TPSA) is 87.1 Å². The Kier molecular flexibility index (Phi) is 10.1. The van der Waals surface area contributed by atoms with Crippen molar-refractivity contribution in [2.24, 2.45) is 0 Å². The van der Waals surface area contributed by atoms with Gasteiger partial charge in [-0.3, -0.25) is 9.69 Å². The number of thiophene rings is 1. The second-order valence-electron chi connectivity index (χ2n) is 10.6. The summed E-state index contributed by atoms with van der Waals surface area (Å²) >= 11 is 1.48. The van der Waals surface area contributed by atoms with Crippen molar-refractivity contribution < 1.29 is 23.8 Å². The predicted molar refractivity (Wildman–Crippen MR) is 177 cm³/mol. The van der Waals surface area contributed by atoms with Crippen LogP contribution in [0.3, 0.4) is 0 Å². The number of aromatic nitrogens is 1. The van der Waals surface area contributed by atoms with Crippen molar-refractivity contribution in [3.05, 3.63) is 123 Å². The Morgan fingerprint density at radius 3 is 2.20 bits per heavy atom. The van der Waals surface area contributed by atoms with Crippen LogP contribution in [-0.4, -0.2) is 48.8 Å². The fraction of sp³-hybridized carbons (Fsp3) is 0.250. The zero-order chi connectivity index (χ0) is 31.9. The van der Waals surface area contributed by atoms with Crippen molar-refractivity contribution in [2.75, 3.05) is 27.4 Å². The second-order valence-corrected chi connectivity index (χ2v) is 11.6. The summed E-state index contributed by atoms with van der Waals surface area (Å²) in [4.78, 5) is 43.4. The Hall–Kier alpha value is -4.73. The number of carbonyl (C=O) groups is 2. The Balaban J connectivity index is 1.72. The molecule has 9 heteroatoms. The molecule has 0 spiro atoms. The standard InChI is InChI=1S/C36H36N2O6S/c1-5-43-35(40)26-18-16-25(17-19-26)33-28(22-37(3)20-24-12-8-7-9-13-24)31-32(39)29(36(41)44-6-2)23-38(34(31)45-33)21-27-14-10-11-15-30(27)42-4/h7-19,23H,5-6,20-22H2,1-4H3. The van der Waals surface area contributed by atoms with Crippen LogP contribution in [0.4, 0.5) is 0 Å². The third kappa shape index (κ3) is 7.00. The molecule has 45 heavy (non-hydrogen) atoms. The van der Waals surface area contributed by atoms with Gasteiger partial charge in [-0.1, -0.05) is 60.7 Å². The smallest absolute Gasteiger partial charge is 0.343 e. The number of benzene rings is 3. The van der Waals surface area contributed by atoms with Crippen LogP contribution in [0.1, 0.15) is 51.3 Å². The molecule has 0 bridgehead atoms. The third-order valence-corrected chi connectivity index (χ3v) is 8.73. The molecule has 0 fully saturated rings. The van der Waals surface area contributed by atoms with Crippen LogP contribution in [-0.2, 0) is 29.1 Å². The number of pyridine rings is 1. The van der Waals surface area contributed by atoms with Gasteiger partial charge < -0.3 is 18.8 Å². The molecule has 5 aromatic rings. The van der Waals surface area contributed by atoms with Gasteiger partial charge in [0.05, 0.1) is 37.8 Å². The van der Waals surface area contributed by atoms with Gasteiger partial charge in [-0.25, -0.2) is 9.59 Å². The number of rotatable bonds is 12. The van der Waals surface area contributed by atoms with Gasteiger partial charge in [-0.15, -0.1) is 11.3 Å². The predicted octanol–water partition coefficient (Wildman–Crippen LogP) is 6.77. The number of para-hydroxylation sites is 1. The molecule has 5 rings (SSSR count). The molecule has 232 valence electrons. The van der Waals surface area contributed by atoms with Gasteiger partial charge in [0.1, 0.15) is 16.1 Å². The zero-order valence-electron chi connectivity index (χ0n) is 25.9. The van der Waals surface area contributed by atoms with Crippen LogP contribution in [0.15, 0.2) is 89.9 Å². The first-order chi connectivity index (χ1) is 21.8. The summed E-state index contributed by atoms with van der Waals surface area (Å²) in [6.45, 7) is 5.40. The minimum absolute atomic E-state index is 0.0202. The lowest BCUT2D eigenvalue weighted by Gasteiger charge is -2.18. The number of nitrogens with zero attached hydrogens (tertiary/aromatic N) is 2. The third-order valence-electron chi connectivity index (χ3n) is 7.42. The second kappa shape index (κ2) is 14.4. The van der Waals surface area contributed by atoms with Crippen LogP contribution in [0, 0.1) is 0 Å². The molecule has 3 aromatic carbocycles. The highest BCUT2D eigenvalue weighted by Crippen LogP contribution is 2.39.